The number of aryl methyl sites for hydroxylation is 1. The molecule has 0 aliphatic carbocycles. The summed E-state index contributed by atoms with van der Waals surface area (Å²) in [6, 6.07) is 8.06. The van der Waals surface area contributed by atoms with E-state index in [0.717, 1.165) is 42.2 Å². The maximum absolute atomic E-state index is 13.2. The molecular weight excluding hydrogens is 356 g/mol. The van der Waals surface area contributed by atoms with Crippen molar-refractivity contribution in [1.29, 1.82) is 0 Å². The monoisotopic (exact) mass is 384 g/mol. The van der Waals surface area contributed by atoms with Gasteiger partial charge in [-0.2, -0.15) is 5.10 Å². The van der Waals surface area contributed by atoms with Gasteiger partial charge in [-0.1, -0.05) is 6.07 Å². The van der Waals surface area contributed by atoms with E-state index in [2.05, 4.69) is 16.1 Å². The normalized spacial score (nSPS) is 22.1. The fraction of sp³-hybridized carbons (Fsp3) is 0.524. The molecule has 1 aromatic carbocycles. The quantitative estimate of drug-likeness (QED) is 0.813. The average molecular weight is 384 g/mol. The summed E-state index contributed by atoms with van der Waals surface area (Å²) < 4.78 is 13.0. The molecule has 2 atom stereocenters. The number of rotatable bonds is 3. The van der Waals surface area contributed by atoms with Crippen molar-refractivity contribution in [3.05, 3.63) is 41.2 Å². The molecule has 7 heteroatoms. The minimum Gasteiger partial charge on any atom is -0.497 e. The van der Waals surface area contributed by atoms with Crippen LogP contribution in [-0.4, -0.2) is 60.0 Å². The Labute approximate surface area is 165 Å². The maximum Gasteiger partial charge on any atom is 0.274 e. The van der Waals surface area contributed by atoms with Gasteiger partial charge in [-0.3, -0.25) is 9.48 Å². The molecule has 150 valence electrons. The van der Waals surface area contributed by atoms with E-state index in [1.807, 2.05) is 48.7 Å². The molecule has 3 heterocycles. The molecule has 1 aromatic heterocycles. The summed E-state index contributed by atoms with van der Waals surface area (Å²) in [7, 11) is 3.57. The molecule has 2 aliphatic heterocycles. The summed E-state index contributed by atoms with van der Waals surface area (Å²) in [6.45, 7) is 7.03. The predicted molar refractivity (Wildman–Crippen MR) is 107 cm³/mol. The molecule has 7 nitrogen and oxygen atoms in total. The molecular formula is C21H28N4O3. The second-order valence-electron chi connectivity index (χ2n) is 7.61. The van der Waals surface area contributed by atoms with Crippen molar-refractivity contribution >= 4 is 11.6 Å². The molecule has 28 heavy (non-hydrogen) atoms. The fourth-order valence-electron chi connectivity index (χ4n) is 4.34. The van der Waals surface area contributed by atoms with E-state index in [9.17, 15) is 4.79 Å². The van der Waals surface area contributed by atoms with Gasteiger partial charge in [0, 0.05) is 57.0 Å². The SMILES string of the molecule is COc1cccc(N2CCN(C(=O)c3nn(C)c4c3C[C@H](C)O[C@@H]4C)CC2)c1. The molecule has 0 N–H and O–H groups in total. The van der Waals surface area contributed by atoms with E-state index < -0.39 is 0 Å². The number of piperazine rings is 1. The van der Waals surface area contributed by atoms with E-state index in [0.29, 0.717) is 18.8 Å². The van der Waals surface area contributed by atoms with Crippen molar-refractivity contribution in [2.45, 2.75) is 32.5 Å². The smallest absolute Gasteiger partial charge is 0.274 e. The van der Waals surface area contributed by atoms with Gasteiger partial charge < -0.3 is 19.3 Å². The molecule has 0 unspecified atom stereocenters. The topological polar surface area (TPSA) is 59.8 Å². The highest BCUT2D eigenvalue weighted by Crippen LogP contribution is 2.32. The first kappa shape index (κ1) is 18.8. The van der Waals surface area contributed by atoms with Gasteiger partial charge in [0.2, 0.25) is 0 Å². The minimum atomic E-state index is -0.0392. The molecule has 0 spiro atoms. The molecule has 0 bridgehead atoms. The van der Waals surface area contributed by atoms with Gasteiger partial charge in [0.1, 0.15) is 5.75 Å². The number of fused-ring (bicyclic) bond motifs is 1. The van der Waals surface area contributed by atoms with E-state index >= 15 is 0 Å². The largest absolute Gasteiger partial charge is 0.497 e. The Bertz CT molecular complexity index is 871. The van der Waals surface area contributed by atoms with Gasteiger partial charge in [0.05, 0.1) is 25.0 Å². The average Bonchev–Trinajstić information content (AvgIpc) is 3.04. The highest BCUT2D eigenvalue weighted by Gasteiger charge is 2.33. The Morgan fingerprint density at radius 1 is 1.21 bits per heavy atom. The van der Waals surface area contributed by atoms with Crippen molar-refractivity contribution in [3.63, 3.8) is 0 Å². The molecule has 2 aromatic rings. The van der Waals surface area contributed by atoms with Crippen LogP contribution in [0.1, 0.15) is 41.7 Å². The molecule has 1 saturated heterocycles. The molecule has 1 amide bonds. The van der Waals surface area contributed by atoms with Gasteiger partial charge in [-0.15, -0.1) is 0 Å². The Hall–Kier alpha value is -2.54. The zero-order valence-electron chi connectivity index (χ0n) is 17.0. The van der Waals surface area contributed by atoms with E-state index in [-0.39, 0.29) is 18.1 Å². The number of hydrogen-bond donors (Lipinski definition) is 0. The summed E-state index contributed by atoms with van der Waals surface area (Å²) in [5.41, 5.74) is 3.79. The lowest BCUT2D eigenvalue weighted by molar-refractivity contribution is -0.00906. The predicted octanol–water partition coefficient (Wildman–Crippen LogP) is 2.41. The van der Waals surface area contributed by atoms with Crippen molar-refractivity contribution < 1.29 is 14.3 Å². The standard InChI is InChI=1S/C21H28N4O3/c1-14-12-18-19(22-23(3)20(18)15(2)28-14)21(26)25-10-8-24(9-11-25)16-6-5-7-17(13-16)27-4/h5-7,13-15H,8-12H2,1-4H3/t14-,15+/m0/s1. The lowest BCUT2D eigenvalue weighted by Crippen LogP contribution is -2.49. The first-order valence-electron chi connectivity index (χ1n) is 9.87. The van der Waals surface area contributed by atoms with Crippen LogP contribution in [0.5, 0.6) is 5.75 Å². The van der Waals surface area contributed by atoms with Crippen LogP contribution >= 0.6 is 0 Å². The number of aromatic nitrogens is 2. The third kappa shape index (κ3) is 3.35. The van der Waals surface area contributed by atoms with Crippen LogP contribution in [-0.2, 0) is 18.2 Å². The zero-order chi connectivity index (χ0) is 19.8. The van der Waals surface area contributed by atoms with Crippen molar-refractivity contribution in [2.75, 3.05) is 38.2 Å². The van der Waals surface area contributed by atoms with E-state index in [1.54, 1.807) is 7.11 Å². The van der Waals surface area contributed by atoms with Crippen LogP contribution in [0.25, 0.3) is 0 Å². The van der Waals surface area contributed by atoms with E-state index in [1.165, 1.54) is 0 Å². The van der Waals surface area contributed by atoms with Crippen LogP contribution in [0.3, 0.4) is 0 Å². The van der Waals surface area contributed by atoms with Crippen LogP contribution in [0, 0.1) is 0 Å². The van der Waals surface area contributed by atoms with E-state index in [4.69, 9.17) is 9.47 Å². The van der Waals surface area contributed by atoms with Crippen molar-refractivity contribution in [3.8, 4) is 5.75 Å². The van der Waals surface area contributed by atoms with Crippen LogP contribution < -0.4 is 9.64 Å². The number of benzene rings is 1. The maximum atomic E-state index is 13.2. The Kier molecular flexibility index (Phi) is 5.02. The highest BCUT2D eigenvalue weighted by molar-refractivity contribution is 5.94. The Balaban J connectivity index is 1.48. The minimum absolute atomic E-state index is 0.0310. The third-order valence-corrected chi connectivity index (χ3v) is 5.69. The lowest BCUT2D eigenvalue weighted by Gasteiger charge is -2.36. The number of ether oxygens (including phenoxy) is 2. The van der Waals surface area contributed by atoms with Gasteiger partial charge in [0.15, 0.2) is 5.69 Å². The highest BCUT2D eigenvalue weighted by atomic mass is 16.5. The molecule has 0 radical (unpaired) electrons. The first-order valence-corrected chi connectivity index (χ1v) is 9.87. The number of anilines is 1. The molecule has 1 fully saturated rings. The number of methoxy groups -OCH3 is 1. The van der Waals surface area contributed by atoms with Crippen molar-refractivity contribution in [1.82, 2.24) is 14.7 Å². The van der Waals surface area contributed by atoms with Crippen LogP contribution in [0.4, 0.5) is 5.69 Å². The number of carbonyl (C=O) groups excluding carboxylic acids is 1. The second-order valence-corrected chi connectivity index (χ2v) is 7.61. The van der Waals surface area contributed by atoms with Crippen LogP contribution in [0.15, 0.2) is 24.3 Å². The number of hydrogen-bond acceptors (Lipinski definition) is 5. The molecule has 2 aliphatic rings. The second kappa shape index (κ2) is 7.47. The number of carbonyl (C=O) groups is 1. The number of nitrogens with zero attached hydrogens (tertiary/aromatic N) is 4. The lowest BCUT2D eigenvalue weighted by atomic mass is 9.99. The van der Waals surface area contributed by atoms with Crippen LogP contribution in [0.2, 0.25) is 0 Å². The van der Waals surface area contributed by atoms with Crippen molar-refractivity contribution in [2.24, 2.45) is 7.05 Å². The molecule has 4 rings (SSSR count). The van der Waals surface area contributed by atoms with Gasteiger partial charge >= 0.3 is 0 Å². The Morgan fingerprint density at radius 3 is 2.68 bits per heavy atom. The molecule has 0 saturated carbocycles. The van der Waals surface area contributed by atoms with Gasteiger partial charge in [-0.05, 0) is 26.0 Å². The van der Waals surface area contributed by atoms with Gasteiger partial charge in [-0.25, -0.2) is 0 Å². The zero-order valence-corrected chi connectivity index (χ0v) is 17.0. The summed E-state index contributed by atoms with van der Waals surface area (Å²) in [5, 5.41) is 4.57. The number of amides is 1. The third-order valence-electron chi connectivity index (χ3n) is 5.69. The summed E-state index contributed by atoms with van der Waals surface area (Å²) >= 11 is 0. The summed E-state index contributed by atoms with van der Waals surface area (Å²) in [5.74, 6) is 0.880. The summed E-state index contributed by atoms with van der Waals surface area (Å²) in [6.07, 6.45) is 0.795. The van der Waals surface area contributed by atoms with Gasteiger partial charge in [0.25, 0.3) is 5.91 Å². The summed E-state index contributed by atoms with van der Waals surface area (Å²) in [4.78, 5) is 17.4. The Morgan fingerprint density at radius 2 is 1.96 bits per heavy atom. The fourth-order valence-corrected chi connectivity index (χ4v) is 4.34. The first-order chi connectivity index (χ1) is 13.5.